The van der Waals surface area contributed by atoms with Crippen molar-refractivity contribution in [2.24, 2.45) is 5.10 Å². The van der Waals surface area contributed by atoms with Gasteiger partial charge in [-0.2, -0.15) is 5.10 Å². The van der Waals surface area contributed by atoms with E-state index in [1.54, 1.807) is 17.6 Å². The first kappa shape index (κ1) is 13.6. The number of anilines is 1. The van der Waals surface area contributed by atoms with E-state index in [-0.39, 0.29) is 0 Å². The SMILES string of the molecule is Cc1ccc(/C=N/Nc2nc(-c3ccccc3)c(C)s2)o1. The highest BCUT2D eigenvalue weighted by molar-refractivity contribution is 7.15. The molecule has 0 bridgehead atoms. The van der Waals surface area contributed by atoms with Crippen LogP contribution in [0.25, 0.3) is 11.3 Å². The molecule has 0 aliphatic rings. The van der Waals surface area contributed by atoms with Crippen LogP contribution in [0.2, 0.25) is 0 Å². The number of aromatic nitrogens is 1. The second-order valence-corrected chi connectivity index (χ2v) is 5.81. The van der Waals surface area contributed by atoms with Crippen LogP contribution < -0.4 is 5.43 Å². The second-order valence-electron chi connectivity index (χ2n) is 4.61. The number of thiazole rings is 1. The molecule has 3 aromatic rings. The van der Waals surface area contributed by atoms with Crippen LogP contribution in [0.3, 0.4) is 0 Å². The van der Waals surface area contributed by atoms with Gasteiger partial charge in [-0.05, 0) is 26.0 Å². The van der Waals surface area contributed by atoms with Crippen LogP contribution in [-0.4, -0.2) is 11.2 Å². The summed E-state index contributed by atoms with van der Waals surface area (Å²) in [6.45, 7) is 3.96. The van der Waals surface area contributed by atoms with E-state index in [1.165, 1.54) is 0 Å². The van der Waals surface area contributed by atoms with E-state index in [1.807, 2.05) is 37.3 Å². The number of benzene rings is 1. The Morgan fingerprint density at radius 3 is 2.67 bits per heavy atom. The molecule has 0 radical (unpaired) electrons. The summed E-state index contributed by atoms with van der Waals surface area (Å²) in [6.07, 6.45) is 1.64. The number of furan rings is 1. The van der Waals surface area contributed by atoms with Crippen LogP contribution in [-0.2, 0) is 0 Å². The largest absolute Gasteiger partial charge is 0.460 e. The number of hydrogen-bond acceptors (Lipinski definition) is 5. The molecule has 0 spiro atoms. The van der Waals surface area contributed by atoms with Crippen molar-refractivity contribution >= 4 is 22.7 Å². The van der Waals surface area contributed by atoms with Gasteiger partial charge >= 0.3 is 0 Å². The van der Waals surface area contributed by atoms with Crippen molar-refractivity contribution in [3.05, 3.63) is 58.9 Å². The molecule has 0 saturated heterocycles. The van der Waals surface area contributed by atoms with Crippen molar-refractivity contribution in [2.75, 3.05) is 5.43 Å². The van der Waals surface area contributed by atoms with Crippen molar-refractivity contribution < 1.29 is 4.42 Å². The van der Waals surface area contributed by atoms with E-state index in [9.17, 15) is 0 Å². The third-order valence-electron chi connectivity index (χ3n) is 2.96. The summed E-state index contributed by atoms with van der Waals surface area (Å²) >= 11 is 1.58. The fraction of sp³-hybridized carbons (Fsp3) is 0.125. The third-order valence-corrected chi connectivity index (χ3v) is 3.83. The zero-order valence-electron chi connectivity index (χ0n) is 11.8. The van der Waals surface area contributed by atoms with E-state index >= 15 is 0 Å². The maximum absolute atomic E-state index is 5.41. The number of nitrogens with zero attached hydrogens (tertiary/aromatic N) is 2. The highest BCUT2D eigenvalue weighted by atomic mass is 32.1. The highest BCUT2D eigenvalue weighted by Crippen LogP contribution is 2.30. The van der Waals surface area contributed by atoms with Gasteiger partial charge in [-0.15, -0.1) is 11.3 Å². The van der Waals surface area contributed by atoms with Crippen LogP contribution in [0.4, 0.5) is 5.13 Å². The molecule has 4 nitrogen and oxygen atoms in total. The monoisotopic (exact) mass is 297 g/mol. The first-order valence-electron chi connectivity index (χ1n) is 6.61. The number of nitrogens with one attached hydrogen (secondary N) is 1. The molecule has 0 aliphatic heterocycles. The molecule has 0 unspecified atom stereocenters. The van der Waals surface area contributed by atoms with Gasteiger partial charge < -0.3 is 4.42 Å². The standard InChI is InChI=1S/C16H15N3OS/c1-11-8-9-14(20-11)10-17-19-16-18-15(12(2)21-16)13-6-4-3-5-7-13/h3-10H,1-2H3,(H,18,19)/b17-10+. The predicted octanol–water partition coefficient (Wildman–Crippen LogP) is 4.47. The Balaban J connectivity index is 1.74. The normalized spacial score (nSPS) is 11.1. The Labute approximate surface area is 127 Å². The minimum atomic E-state index is 0.719. The minimum absolute atomic E-state index is 0.719. The fourth-order valence-corrected chi connectivity index (χ4v) is 2.77. The van der Waals surface area contributed by atoms with Crippen LogP contribution in [0, 0.1) is 13.8 Å². The Hall–Kier alpha value is -2.40. The smallest absolute Gasteiger partial charge is 0.204 e. The molecule has 0 fully saturated rings. The van der Waals surface area contributed by atoms with Crippen LogP contribution in [0.1, 0.15) is 16.4 Å². The first-order valence-corrected chi connectivity index (χ1v) is 7.42. The maximum Gasteiger partial charge on any atom is 0.204 e. The van der Waals surface area contributed by atoms with Crippen molar-refractivity contribution in [3.63, 3.8) is 0 Å². The van der Waals surface area contributed by atoms with Crippen molar-refractivity contribution in [2.45, 2.75) is 13.8 Å². The molecule has 0 atom stereocenters. The lowest BCUT2D eigenvalue weighted by Gasteiger charge is -1.96. The summed E-state index contributed by atoms with van der Waals surface area (Å²) in [5.74, 6) is 1.59. The Morgan fingerprint density at radius 2 is 1.95 bits per heavy atom. The summed E-state index contributed by atoms with van der Waals surface area (Å²) in [6, 6.07) is 13.9. The predicted molar refractivity (Wildman–Crippen MR) is 86.9 cm³/mol. The quantitative estimate of drug-likeness (QED) is 0.571. The van der Waals surface area contributed by atoms with Crippen molar-refractivity contribution in [1.29, 1.82) is 0 Å². The van der Waals surface area contributed by atoms with Gasteiger partial charge in [0.05, 0.1) is 11.9 Å². The number of hydrazone groups is 1. The minimum Gasteiger partial charge on any atom is -0.460 e. The summed E-state index contributed by atoms with van der Waals surface area (Å²) < 4.78 is 5.41. The van der Waals surface area contributed by atoms with Gasteiger partial charge in [0, 0.05) is 10.4 Å². The van der Waals surface area contributed by atoms with Gasteiger partial charge in [0.2, 0.25) is 5.13 Å². The summed E-state index contributed by atoms with van der Waals surface area (Å²) in [5.41, 5.74) is 5.06. The average Bonchev–Trinajstić information content (AvgIpc) is 3.06. The number of rotatable bonds is 4. The van der Waals surface area contributed by atoms with Gasteiger partial charge in [-0.25, -0.2) is 4.98 Å². The molecule has 3 rings (SSSR count). The Morgan fingerprint density at radius 1 is 1.14 bits per heavy atom. The molecule has 0 saturated carbocycles. The number of aryl methyl sites for hydroxylation is 2. The molecule has 106 valence electrons. The molecule has 2 heterocycles. The molecule has 0 amide bonds. The van der Waals surface area contributed by atoms with E-state index in [0.29, 0.717) is 0 Å². The Kier molecular flexibility index (Phi) is 3.83. The first-order chi connectivity index (χ1) is 10.2. The third kappa shape index (κ3) is 3.20. The van der Waals surface area contributed by atoms with Gasteiger partial charge in [0.15, 0.2) is 0 Å². The lowest BCUT2D eigenvalue weighted by Crippen LogP contribution is -1.89. The molecule has 1 N–H and O–H groups in total. The topological polar surface area (TPSA) is 50.4 Å². The lowest BCUT2D eigenvalue weighted by atomic mass is 10.1. The van der Waals surface area contributed by atoms with Crippen LogP contribution in [0.5, 0.6) is 0 Å². The lowest BCUT2D eigenvalue weighted by molar-refractivity contribution is 0.528. The summed E-state index contributed by atoms with van der Waals surface area (Å²) in [5, 5.41) is 4.92. The maximum atomic E-state index is 5.41. The van der Waals surface area contributed by atoms with Crippen LogP contribution >= 0.6 is 11.3 Å². The van der Waals surface area contributed by atoms with Crippen LogP contribution in [0.15, 0.2) is 52.0 Å². The van der Waals surface area contributed by atoms with E-state index < -0.39 is 0 Å². The van der Waals surface area contributed by atoms with E-state index in [4.69, 9.17) is 4.42 Å². The zero-order valence-corrected chi connectivity index (χ0v) is 12.6. The average molecular weight is 297 g/mol. The van der Waals surface area contributed by atoms with Gasteiger partial charge in [0.1, 0.15) is 11.5 Å². The second kappa shape index (κ2) is 5.93. The highest BCUT2D eigenvalue weighted by Gasteiger charge is 2.08. The molecule has 21 heavy (non-hydrogen) atoms. The van der Waals surface area contributed by atoms with E-state index in [2.05, 4.69) is 34.6 Å². The molecular formula is C16H15N3OS. The molecule has 2 aromatic heterocycles. The molecule has 0 aliphatic carbocycles. The molecule has 1 aromatic carbocycles. The summed E-state index contributed by atoms with van der Waals surface area (Å²) in [4.78, 5) is 5.74. The summed E-state index contributed by atoms with van der Waals surface area (Å²) in [7, 11) is 0. The van der Waals surface area contributed by atoms with Crippen molar-refractivity contribution in [3.8, 4) is 11.3 Å². The van der Waals surface area contributed by atoms with Gasteiger partial charge in [0.25, 0.3) is 0 Å². The van der Waals surface area contributed by atoms with Crippen molar-refractivity contribution in [1.82, 2.24) is 4.98 Å². The molecular weight excluding hydrogens is 282 g/mol. The van der Waals surface area contributed by atoms with Gasteiger partial charge in [-0.1, -0.05) is 30.3 Å². The fourth-order valence-electron chi connectivity index (χ4n) is 1.98. The zero-order chi connectivity index (χ0) is 14.7. The van der Waals surface area contributed by atoms with E-state index in [0.717, 1.165) is 32.8 Å². The Bertz CT molecular complexity index is 759. The molecule has 5 heteroatoms. The van der Waals surface area contributed by atoms with Gasteiger partial charge in [-0.3, -0.25) is 5.43 Å². The number of hydrogen-bond donors (Lipinski definition) is 1.